The summed E-state index contributed by atoms with van der Waals surface area (Å²) in [5.41, 5.74) is 5.69. The van der Waals surface area contributed by atoms with Crippen molar-refractivity contribution in [3.63, 3.8) is 0 Å². The van der Waals surface area contributed by atoms with E-state index in [0.29, 0.717) is 17.8 Å². The molecule has 3 heteroatoms. The molecule has 2 aromatic rings. The second-order valence-electron chi connectivity index (χ2n) is 8.68. The molecule has 1 aliphatic carbocycles. The van der Waals surface area contributed by atoms with Crippen molar-refractivity contribution in [3.05, 3.63) is 76.9 Å². The van der Waals surface area contributed by atoms with Gasteiger partial charge in [0.25, 0.3) is 5.91 Å². The highest BCUT2D eigenvalue weighted by Gasteiger charge is 2.39. The third-order valence-corrected chi connectivity index (χ3v) is 6.42. The van der Waals surface area contributed by atoms with Gasteiger partial charge < -0.3 is 10.6 Å². The van der Waals surface area contributed by atoms with Gasteiger partial charge in [0.1, 0.15) is 0 Å². The number of anilines is 1. The lowest BCUT2D eigenvalue weighted by Crippen LogP contribution is -2.32. The molecule has 1 heterocycles. The summed E-state index contributed by atoms with van der Waals surface area (Å²) >= 11 is 0. The van der Waals surface area contributed by atoms with Crippen molar-refractivity contribution in [3.8, 4) is 0 Å². The Labute approximate surface area is 174 Å². The lowest BCUT2D eigenvalue weighted by Gasteiger charge is -2.38. The number of allylic oxidation sites excluding steroid dienone is 2. The fraction of sp³-hybridized carbons (Fsp3) is 0.423. The molecular weight excluding hydrogens is 356 g/mol. The van der Waals surface area contributed by atoms with Gasteiger partial charge in [-0.25, -0.2) is 0 Å². The molecule has 2 N–H and O–H groups in total. The van der Waals surface area contributed by atoms with Gasteiger partial charge in [-0.1, -0.05) is 75.7 Å². The molecule has 29 heavy (non-hydrogen) atoms. The van der Waals surface area contributed by atoms with Crippen LogP contribution in [0.5, 0.6) is 0 Å². The summed E-state index contributed by atoms with van der Waals surface area (Å²) in [5.74, 6) is 1.41. The van der Waals surface area contributed by atoms with E-state index in [1.807, 2.05) is 12.1 Å². The molecule has 4 rings (SSSR count). The van der Waals surface area contributed by atoms with E-state index < -0.39 is 0 Å². The molecule has 0 saturated heterocycles. The minimum absolute atomic E-state index is 0.0251. The van der Waals surface area contributed by atoms with Gasteiger partial charge in [-0.2, -0.15) is 0 Å². The Balaban J connectivity index is 1.67. The number of hydrogen-bond donors (Lipinski definition) is 2. The smallest absolute Gasteiger partial charge is 0.253 e. The number of rotatable bonds is 6. The molecule has 0 radical (unpaired) electrons. The molecule has 2 aliphatic rings. The summed E-state index contributed by atoms with van der Waals surface area (Å²) in [7, 11) is 0. The van der Waals surface area contributed by atoms with E-state index in [2.05, 4.69) is 73.9 Å². The van der Waals surface area contributed by atoms with Crippen molar-refractivity contribution in [1.29, 1.82) is 0 Å². The van der Waals surface area contributed by atoms with Gasteiger partial charge >= 0.3 is 0 Å². The van der Waals surface area contributed by atoms with Gasteiger partial charge in [-0.3, -0.25) is 4.79 Å². The minimum Gasteiger partial charge on any atom is -0.377 e. The van der Waals surface area contributed by atoms with E-state index in [9.17, 15) is 4.79 Å². The average molecular weight is 389 g/mol. The zero-order chi connectivity index (χ0) is 20.4. The van der Waals surface area contributed by atoms with Gasteiger partial charge in [0.05, 0.1) is 17.3 Å². The summed E-state index contributed by atoms with van der Waals surface area (Å²) in [6.45, 7) is 7.32. The van der Waals surface area contributed by atoms with Crippen molar-refractivity contribution in [2.75, 3.05) is 11.9 Å². The summed E-state index contributed by atoms with van der Waals surface area (Å²) in [5, 5.41) is 6.86. The average Bonchev–Trinajstić information content (AvgIpc) is 3.23. The second-order valence-corrected chi connectivity index (χ2v) is 8.68. The number of carbonyl (C=O) groups is 1. The molecule has 3 atom stereocenters. The van der Waals surface area contributed by atoms with Gasteiger partial charge in [-0.15, -0.1) is 0 Å². The number of benzene rings is 2. The molecule has 152 valence electrons. The predicted molar refractivity (Wildman–Crippen MR) is 121 cm³/mol. The molecule has 0 aromatic heterocycles. The molecule has 0 fully saturated rings. The largest absolute Gasteiger partial charge is 0.377 e. The first-order valence-electron chi connectivity index (χ1n) is 11.0. The number of amides is 1. The van der Waals surface area contributed by atoms with Crippen LogP contribution in [0.2, 0.25) is 0 Å². The Morgan fingerprint density at radius 3 is 2.69 bits per heavy atom. The first-order chi connectivity index (χ1) is 14.1. The maximum absolute atomic E-state index is 12.9. The quantitative estimate of drug-likeness (QED) is 0.459. The van der Waals surface area contributed by atoms with Gasteiger partial charge in [-0.05, 0) is 47.4 Å². The van der Waals surface area contributed by atoms with Gasteiger partial charge in [0.2, 0.25) is 0 Å². The van der Waals surface area contributed by atoms with E-state index in [1.54, 1.807) is 0 Å². The standard InChI is InChI=1S/C26H32N2O/c1-4-5-16-27-26(29)23-11-7-10-22-20-8-6-9-21(20)24(28-25(22)23)19-14-12-18(13-15-19)17(2)3/h6-8,10-15,17,20-21,24,28H,4-5,9,16H2,1-3H3,(H,27,29). The number of para-hydroxylation sites is 1. The van der Waals surface area contributed by atoms with Crippen LogP contribution in [0.25, 0.3) is 0 Å². The van der Waals surface area contributed by atoms with Crippen LogP contribution in [0.1, 0.15) is 85.0 Å². The number of unbranched alkanes of at least 4 members (excludes halogenated alkanes) is 1. The van der Waals surface area contributed by atoms with E-state index in [1.165, 1.54) is 16.7 Å². The van der Waals surface area contributed by atoms with Gasteiger partial charge in [0, 0.05) is 12.5 Å². The van der Waals surface area contributed by atoms with Crippen molar-refractivity contribution in [2.24, 2.45) is 5.92 Å². The third-order valence-electron chi connectivity index (χ3n) is 6.42. The zero-order valence-corrected chi connectivity index (χ0v) is 17.7. The molecule has 0 saturated carbocycles. The Morgan fingerprint density at radius 1 is 1.17 bits per heavy atom. The van der Waals surface area contributed by atoms with Crippen LogP contribution in [0.4, 0.5) is 5.69 Å². The third kappa shape index (κ3) is 3.83. The Morgan fingerprint density at radius 2 is 1.97 bits per heavy atom. The van der Waals surface area contributed by atoms with Crippen LogP contribution in [-0.4, -0.2) is 12.5 Å². The van der Waals surface area contributed by atoms with Crippen LogP contribution in [0.15, 0.2) is 54.6 Å². The molecule has 2 aromatic carbocycles. The summed E-state index contributed by atoms with van der Waals surface area (Å²) in [6.07, 6.45) is 7.79. The lowest BCUT2D eigenvalue weighted by molar-refractivity contribution is 0.0953. The van der Waals surface area contributed by atoms with E-state index in [0.717, 1.165) is 37.1 Å². The SMILES string of the molecule is CCCCNC(=O)c1cccc2c1NC(c1ccc(C(C)C)cc1)C1CC=CC21. The topological polar surface area (TPSA) is 41.1 Å². The maximum Gasteiger partial charge on any atom is 0.253 e. The van der Waals surface area contributed by atoms with Crippen molar-refractivity contribution in [2.45, 2.75) is 57.9 Å². The molecule has 3 unspecified atom stereocenters. The van der Waals surface area contributed by atoms with E-state index in [4.69, 9.17) is 0 Å². The van der Waals surface area contributed by atoms with Crippen LogP contribution < -0.4 is 10.6 Å². The minimum atomic E-state index is 0.0251. The first-order valence-corrected chi connectivity index (χ1v) is 11.0. The van der Waals surface area contributed by atoms with Crippen molar-refractivity contribution in [1.82, 2.24) is 5.32 Å². The first kappa shape index (κ1) is 19.8. The van der Waals surface area contributed by atoms with Crippen molar-refractivity contribution >= 4 is 11.6 Å². The molecular formula is C26H32N2O. The van der Waals surface area contributed by atoms with Crippen LogP contribution in [0.3, 0.4) is 0 Å². The van der Waals surface area contributed by atoms with E-state index >= 15 is 0 Å². The molecule has 3 nitrogen and oxygen atoms in total. The zero-order valence-electron chi connectivity index (χ0n) is 17.7. The fourth-order valence-electron chi connectivity index (χ4n) is 4.70. The molecule has 1 amide bonds. The fourth-order valence-corrected chi connectivity index (χ4v) is 4.70. The normalized spacial score (nSPS) is 22.1. The molecule has 0 spiro atoms. The number of hydrogen-bond acceptors (Lipinski definition) is 2. The highest BCUT2D eigenvalue weighted by molar-refractivity contribution is 6.00. The van der Waals surface area contributed by atoms with Crippen LogP contribution in [-0.2, 0) is 0 Å². The summed E-state index contributed by atoms with van der Waals surface area (Å²) in [4.78, 5) is 12.9. The summed E-state index contributed by atoms with van der Waals surface area (Å²) < 4.78 is 0. The van der Waals surface area contributed by atoms with Crippen LogP contribution in [0, 0.1) is 5.92 Å². The van der Waals surface area contributed by atoms with E-state index in [-0.39, 0.29) is 11.9 Å². The monoisotopic (exact) mass is 388 g/mol. The Bertz CT molecular complexity index is 897. The Kier molecular flexibility index (Phi) is 5.75. The molecule has 0 bridgehead atoms. The number of carbonyl (C=O) groups excluding carboxylic acids is 1. The highest BCUT2D eigenvalue weighted by atomic mass is 16.1. The highest BCUT2D eigenvalue weighted by Crippen LogP contribution is 2.50. The van der Waals surface area contributed by atoms with Crippen LogP contribution >= 0.6 is 0 Å². The maximum atomic E-state index is 12.9. The second kappa shape index (κ2) is 8.44. The lowest BCUT2D eigenvalue weighted by atomic mass is 9.76. The molecule has 1 aliphatic heterocycles. The number of nitrogens with one attached hydrogen (secondary N) is 2. The number of fused-ring (bicyclic) bond motifs is 3. The predicted octanol–water partition coefficient (Wildman–Crippen LogP) is 6.17. The summed E-state index contributed by atoms with van der Waals surface area (Å²) in [6, 6.07) is 15.4. The Hall–Kier alpha value is -2.55. The van der Waals surface area contributed by atoms with Crippen molar-refractivity contribution < 1.29 is 4.79 Å². The van der Waals surface area contributed by atoms with Gasteiger partial charge in [0.15, 0.2) is 0 Å².